The van der Waals surface area contributed by atoms with Crippen LogP contribution in [-0.4, -0.2) is 11.6 Å². The van der Waals surface area contributed by atoms with E-state index in [2.05, 4.69) is 28.9 Å². The monoisotopic (exact) mass is 292 g/mol. The molecule has 0 aliphatic carbocycles. The van der Waals surface area contributed by atoms with Crippen LogP contribution >= 0.6 is 15.9 Å². The minimum atomic E-state index is 0.579. The third kappa shape index (κ3) is 1.63. The average Bonchev–Trinajstić information content (AvgIpc) is 2.34. The van der Waals surface area contributed by atoms with Crippen molar-refractivity contribution in [1.29, 1.82) is 0 Å². The highest BCUT2D eigenvalue weighted by molar-refractivity contribution is 9.10. The van der Waals surface area contributed by atoms with Crippen molar-refractivity contribution in [2.24, 2.45) is 0 Å². The smallest absolute Gasteiger partial charge is 0.0870 e. The zero-order chi connectivity index (χ0) is 12.0. The number of aromatic nitrogens is 1. The molecule has 0 saturated carbocycles. The van der Waals surface area contributed by atoms with Crippen LogP contribution in [0, 0.1) is 6.92 Å². The van der Waals surface area contributed by atoms with Gasteiger partial charge in [0.2, 0.25) is 0 Å². The predicted octanol–water partition coefficient (Wildman–Crippen LogP) is 2.96. The van der Waals surface area contributed by atoms with Crippen LogP contribution < -0.4 is 5.73 Å². The molecule has 1 aromatic carbocycles. The second-order valence-electron chi connectivity index (χ2n) is 4.34. The molecule has 1 aliphatic heterocycles. The Labute approximate surface area is 108 Å². The number of nitrogens with zero attached hydrogens (tertiary/aromatic N) is 1. The lowest BCUT2D eigenvalue weighted by molar-refractivity contribution is 0.110. The lowest BCUT2D eigenvalue weighted by Gasteiger charge is -2.20. The van der Waals surface area contributed by atoms with Crippen LogP contribution in [0.3, 0.4) is 0 Å². The first-order valence-corrected chi connectivity index (χ1v) is 6.41. The molecule has 0 saturated heterocycles. The van der Waals surface area contributed by atoms with Gasteiger partial charge in [-0.05, 0) is 34.5 Å². The van der Waals surface area contributed by atoms with Gasteiger partial charge >= 0.3 is 0 Å². The number of nitrogen functional groups attached to an aromatic ring is 1. The van der Waals surface area contributed by atoms with Crippen molar-refractivity contribution >= 4 is 32.5 Å². The van der Waals surface area contributed by atoms with Crippen molar-refractivity contribution in [1.82, 2.24) is 4.98 Å². The Bertz CT molecular complexity index is 610. The minimum Gasteiger partial charge on any atom is -0.398 e. The van der Waals surface area contributed by atoms with Crippen molar-refractivity contribution in [3.8, 4) is 0 Å². The van der Waals surface area contributed by atoms with Crippen LogP contribution in [0.1, 0.15) is 16.8 Å². The molecule has 0 atom stereocenters. The molecule has 1 aliphatic rings. The maximum Gasteiger partial charge on any atom is 0.0870 e. The molecular formula is C13H13BrN2O. The number of pyridine rings is 1. The summed E-state index contributed by atoms with van der Waals surface area (Å²) in [5.74, 6) is 0. The normalized spacial score (nSPS) is 14.9. The number of halogens is 1. The molecule has 0 bridgehead atoms. The number of nitrogens with two attached hydrogens (primary N) is 1. The summed E-state index contributed by atoms with van der Waals surface area (Å²) in [7, 11) is 0. The summed E-state index contributed by atoms with van der Waals surface area (Å²) >= 11 is 3.54. The van der Waals surface area contributed by atoms with E-state index >= 15 is 0 Å². The van der Waals surface area contributed by atoms with Crippen LogP contribution in [0.15, 0.2) is 16.6 Å². The van der Waals surface area contributed by atoms with Gasteiger partial charge < -0.3 is 10.5 Å². The van der Waals surface area contributed by atoms with Crippen molar-refractivity contribution < 1.29 is 4.74 Å². The molecule has 0 unspecified atom stereocenters. The number of fused-ring (bicyclic) bond motifs is 2. The maximum absolute atomic E-state index is 6.27. The SMILES string of the molecule is Cc1ccc(Br)c2nc3c(c(N)c12)COCC3. The Balaban J connectivity index is 2.44. The molecule has 2 heterocycles. The standard InChI is InChI=1S/C13H13BrN2O/c1-7-2-3-9(14)13-11(7)12(15)8-6-17-5-4-10(8)16-13/h2-3H,4-6H2,1H3,(H2,15,16). The summed E-state index contributed by atoms with van der Waals surface area (Å²) < 4.78 is 6.46. The van der Waals surface area contributed by atoms with Gasteiger partial charge in [0.15, 0.2) is 0 Å². The minimum absolute atomic E-state index is 0.579. The van der Waals surface area contributed by atoms with E-state index in [1.165, 1.54) is 0 Å². The van der Waals surface area contributed by atoms with Crippen molar-refractivity contribution in [2.75, 3.05) is 12.3 Å². The van der Waals surface area contributed by atoms with Gasteiger partial charge in [-0.15, -0.1) is 0 Å². The summed E-state index contributed by atoms with van der Waals surface area (Å²) in [6.07, 6.45) is 0.843. The van der Waals surface area contributed by atoms with E-state index < -0.39 is 0 Å². The van der Waals surface area contributed by atoms with Gasteiger partial charge in [0.1, 0.15) is 0 Å². The molecule has 0 radical (unpaired) electrons. The number of rotatable bonds is 0. The van der Waals surface area contributed by atoms with Gasteiger partial charge in [-0.1, -0.05) is 6.07 Å². The fourth-order valence-corrected chi connectivity index (χ4v) is 2.75. The van der Waals surface area contributed by atoms with Crippen LogP contribution in [0.2, 0.25) is 0 Å². The quantitative estimate of drug-likeness (QED) is 0.812. The average molecular weight is 293 g/mol. The van der Waals surface area contributed by atoms with E-state index in [1.807, 2.05) is 6.07 Å². The molecule has 3 rings (SSSR count). The second kappa shape index (κ2) is 3.96. The van der Waals surface area contributed by atoms with Gasteiger partial charge in [-0.3, -0.25) is 4.98 Å². The number of hydrogen-bond donors (Lipinski definition) is 1. The Hall–Kier alpha value is -1.13. The molecule has 0 fully saturated rings. The summed E-state index contributed by atoms with van der Waals surface area (Å²) in [6, 6.07) is 4.08. The molecule has 2 N–H and O–H groups in total. The van der Waals surface area contributed by atoms with Gasteiger partial charge in [0.25, 0.3) is 0 Å². The number of anilines is 1. The van der Waals surface area contributed by atoms with E-state index in [0.29, 0.717) is 6.61 Å². The lowest BCUT2D eigenvalue weighted by Crippen LogP contribution is -2.14. The second-order valence-corrected chi connectivity index (χ2v) is 5.20. The zero-order valence-corrected chi connectivity index (χ0v) is 11.2. The van der Waals surface area contributed by atoms with E-state index in [1.54, 1.807) is 0 Å². The van der Waals surface area contributed by atoms with E-state index in [-0.39, 0.29) is 0 Å². The number of ether oxygens (including phenoxy) is 1. The summed E-state index contributed by atoms with van der Waals surface area (Å²) in [5.41, 5.74) is 11.3. The molecule has 88 valence electrons. The highest BCUT2D eigenvalue weighted by atomic mass is 79.9. The third-order valence-electron chi connectivity index (χ3n) is 3.26. The molecule has 2 aromatic rings. The van der Waals surface area contributed by atoms with Gasteiger partial charge in [-0.2, -0.15) is 0 Å². The Morgan fingerprint density at radius 2 is 2.24 bits per heavy atom. The van der Waals surface area contributed by atoms with E-state index in [4.69, 9.17) is 15.5 Å². The molecule has 0 spiro atoms. The topological polar surface area (TPSA) is 48.1 Å². The largest absolute Gasteiger partial charge is 0.398 e. The molecule has 1 aromatic heterocycles. The van der Waals surface area contributed by atoms with Gasteiger partial charge in [-0.25, -0.2) is 0 Å². The van der Waals surface area contributed by atoms with Crippen molar-refractivity contribution in [3.63, 3.8) is 0 Å². The highest BCUT2D eigenvalue weighted by Crippen LogP contribution is 2.34. The molecule has 0 amide bonds. The molecule has 4 heteroatoms. The maximum atomic E-state index is 6.27. The van der Waals surface area contributed by atoms with Crippen LogP contribution in [0.25, 0.3) is 10.9 Å². The summed E-state index contributed by atoms with van der Waals surface area (Å²) in [4.78, 5) is 4.73. The Morgan fingerprint density at radius 3 is 3.06 bits per heavy atom. The first-order valence-electron chi connectivity index (χ1n) is 5.62. The zero-order valence-electron chi connectivity index (χ0n) is 9.59. The fourth-order valence-electron chi connectivity index (χ4n) is 2.34. The molecule has 3 nitrogen and oxygen atoms in total. The summed E-state index contributed by atoms with van der Waals surface area (Å²) in [5, 5.41) is 1.05. The van der Waals surface area contributed by atoms with Crippen molar-refractivity contribution in [2.45, 2.75) is 20.0 Å². The van der Waals surface area contributed by atoms with E-state index in [0.717, 1.165) is 50.9 Å². The van der Waals surface area contributed by atoms with Crippen molar-refractivity contribution in [3.05, 3.63) is 33.4 Å². The van der Waals surface area contributed by atoms with Crippen LogP contribution in [-0.2, 0) is 17.8 Å². The van der Waals surface area contributed by atoms with E-state index in [9.17, 15) is 0 Å². The van der Waals surface area contributed by atoms with Crippen LogP contribution in [0.4, 0.5) is 5.69 Å². The number of aryl methyl sites for hydroxylation is 1. The first kappa shape index (κ1) is 11.0. The first-order chi connectivity index (χ1) is 8.18. The number of hydrogen-bond acceptors (Lipinski definition) is 3. The Morgan fingerprint density at radius 1 is 1.41 bits per heavy atom. The third-order valence-corrected chi connectivity index (χ3v) is 3.90. The molecule has 17 heavy (non-hydrogen) atoms. The molecular weight excluding hydrogens is 280 g/mol. The van der Waals surface area contributed by atoms with Gasteiger partial charge in [0, 0.05) is 27.5 Å². The highest BCUT2D eigenvalue weighted by Gasteiger charge is 2.18. The fraction of sp³-hybridized carbons (Fsp3) is 0.308. The van der Waals surface area contributed by atoms with Crippen LogP contribution in [0.5, 0.6) is 0 Å². The lowest BCUT2D eigenvalue weighted by atomic mass is 10.0. The van der Waals surface area contributed by atoms with Gasteiger partial charge in [0.05, 0.1) is 24.4 Å². The summed E-state index contributed by atoms with van der Waals surface area (Å²) in [6.45, 7) is 3.37. The Kier molecular flexibility index (Phi) is 2.56. The number of benzene rings is 1. The predicted molar refractivity (Wildman–Crippen MR) is 72.0 cm³/mol.